The number of thiazole rings is 1. The minimum Gasteiger partial charge on any atom is -0.330 e. The summed E-state index contributed by atoms with van der Waals surface area (Å²) in [5.41, 5.74) is 6.30. The molecule has 0 radical (unpaired) electrons. The molecule has 0 bridgehead atoms. The first-order valence-electron chi connectivity index (χ1n) is 5.87. The zero-order valence-electron chi connectivity index (χ0n) is 11.2. The van der Waals surface area contributed by atoms with E-state index in [1.54, 1.807) is 11.3 Å². The molecule has 2 aromatic rings. The normalized spacial score (nSPS) is 12.0. The molecule has 0 fully saturated rings. The van der Waals surface area contributed by atoms with Gasteiger partial charge in [-0.15, -0.1) is 22.7 Å². The summed E-state index contributed by atoms with van der Waals surface area (Å²) in [6.07, 6.45) is 0.842. The van der Waals surface area contributed by atoms with E-state index in [0.717, 1.165) is 21.3 Å². The fourth-order valence-corrected chi connectivity index (χ4v) is 4.00. The lowest BCUT2D eigenvalue weighted by molar-refractivity contribution is 0.527. The first kappa shape index (κ1) is 15.4. The van der Waals surface area contributed by atoms with E-state index in [1.807, 2.05) is 17.5 Å². The van der Waals surface area contributed by atoms with E-state index in [-0.39, 0.29) is 0 Å². The SMILES string of the molecule is CN(C)S(=O)(=O)Nc1nc(-c2ccc(CCN)s2)cs1. The maximum absolute atomic E-state index is 11.7. The van der Waals surface area contributed by atoms with Crippen LogP contribution in [0.15, 0.2) is 17.5 Å². The highest BCUT2D eigenvalue weighted by molar-refractivity contribution is 7.90. The van der Waals surface area contributed by atoms with Crippen LogP contribution in [0, 0.1) is 0 Å². The van der Waals surface area contributed by atoms with Crippen LogP contribution in [0.5, 0.6) is 0 Å². The monoisotopic (exact) mass is 332 g/mol. The minimum atomic E-state index is -3.51. The first-order valence-corrected chi connectivity index (χ1v) is 9.01. The molecular weight excluding hydrogens is 316 g/mol. The van der Waals surface area contributed by atoms with Crippen LogP contribution in [0.4, 0.5) is 5.13 Å². The Morgan fingerprint density at radius 3 is 2.80 bits per heavy atom. The molecule has 9 heteroatoms. The third-order valence-corrected chi connectivity index (χ3v) is 5.97. The number of aromatic nitrogens is 1. The van der Waals surface area contributed by atoms with Gasteiger partial charge >= 0.3 is 10.2 Å². The smallest absolute Gasteiger partial charge is 0.302 e. The number of thiophene rings is 1. The molecule has 0 atom stereocenters. The first-order chi connectivity index (χ1) is 9.42. The zero-order chi connectivity index (χ0) is 14.8. The van der Waals surface area contributed by atoms with Crippen molar-refractivity contribution in [3.63, 3.8) is 0 Å². The fraction of sp³-hybridized carbons (Fsp3) is 0.364. The molecular formula is C11H16N4O2S3. The summed E-state index contributed by atoms with van der Waals surface area (Å²) in [6.45, 7) is 0.616. The van der Waals surface area contributed by atoms with Gasteiger partial charge in [-0.1, -0.05) is 0 Å². The third kappa shape index (κ3) is 3.55. The van der Waals surface area contributed by atoms with E-state index in [0.29, 0.717) is 11.7 Å². The van der Waals surface area contributed by atoms with Crippen LogP contribution >= 0.6 is 22.7 Å². The molecule has 0 saturated heterocycles. The molecule has 0 unspecified atom stereocenters. The van der Waals surface area contributed by atoms with Crippen LogP contribution in [0.2, 0.25) is 0 Å². The second-order valence-electron chi connectivity index (χ2n) is 4.23. The number of hydrogen-bond donors (Lipinski definition) is 2. The van der Waals surface area contributed by atoms with Crippen LogP contribution in [-0.2, 0) is 16.6 Å². The molecule has 0 aliphatic carbocycles. The van der Waals surface area contributed by atoms with Gasteiger partial charge in [-0.3, -0.25) is 0 Å². The van der Waals surface area contributed by atoms with Gasteiger partial charge in [0.15, 0.2) is 5.13 Å². The molecule has 2 rings (SSSR count). The summed E-state index contributed by atoms with van der Waals surface area (Å²) in [5, 5.41) is 2.20. The summed E-state index contributed by atoms with van der Waals surface area (Å²) < 4.78 is 26.9. The van der Waals surface area contributed by atoms with E-state index >= 15 is 0 Å². The molecule has 2 aromatic heterocycles. The quantitative estimate of drug-likeness (QED) is 0.841. The van der Waals surface area contributed by atoms with E-state index in [9.17, 15) is 8.42 Å². The van der Waals surface area contributed by atoms with Crippen LogP contribution in [-0.4, -0.2) is 38.3 Å². The Hall–Kier alpha value is -1.00. The summed E-state index contributed by atoms with van der Waals surface area (Å²) in [4.78, 5) is 6.52. The third-order valence-electron chi connectivity index (χ3n) is 2.51. The Morgan fingerprint density at radius 1 is 1.40 bits per heavy atom. The maximum atomic E-state index is 11.7. The van der Waals surface area contributed by atoms with Crippen LogP contribution in [0.3, 0.4) is 0 Å². The topological polar surface area (TPSA) is 88.3 Å². The van der Waals surface area contributed by atoms with Crippen molar-refractivity contribution in [3.8, 4) is 10.6 Å². The van der Waals surface area contributed by atoms with Gasteiger partial charge in [0.25, 0.3) is 0 Å². The number of nitrogens with two attached hydrogens (primary N) is 1. The van der Waals surface area contributed by atoms with Gasteiger partial charge in [0, 0.05) is 24.4 Å². The lowest BCUT2D eigenvalue weighted by atomic mass is 10.3. The Morgan fingerprint density at radius 2 is 2.15 bits per heavy atom. The largest absolute Gasteiger partial charge is 0.330 e. The zero-order valence-corrected chi connectivity index (χ0v) is 13.6. The van der Waals surface area contributed by atoms with Crippen molar-refractivity contribution in [3.05, 3.63) is 22.4 Å². The molecule has 0 spiro atoms. The molecule has 0 aliphatic heterocycles. The Bertz CT molecular complexity index is 675. The molecule has 0 aliphatic rings. The Balaban J connectivity index is 2.16. The molecule has 6 nitrogen and oxygen atoms in total. The average Bonchev–Trinajstić information content (AvgIpc) is 2.98. The Labute approximate surface area is 126 Å². The summed E-state index contributed by atoms with van der Waals surface area (Å²) in [5.74, 6) is 0. The van der Waals surface area contributed by atoms with E-state index in [1.165, 1.54) is 30.3 Å². The van der Waals surface area contributed by atoms with Crippen molar-refractivity contribution in [2.75, 3.05) is 25.4 Å². The lowest BCUT2D eigenvalue weighted by Crippen LogP contribution is -2.28. The van der Waals surface area contributed by atoms with Crippen molar-refractivity contribution in [1.82, 2.24) is 9.29 Å². The van der Waals surface area contributed by atoms with Crippen LogP contribution < -0.4 is 10.5 Å². The molecule has 0 saturated carbocycles. The second-order valence-corrected chi connectivity index (χ2v) is 8.14. The lowest BCUT2D eigenvalue weighted by Gasteiger charge is -2.10. The second kappa shape index (κ2) is 6.19. The minimum absolute atomic E-state index is 0.363. The predicted octanol–water partition coefficient (Wildman–Crippen LogP) is 1.59. The van der Waals surface area contributed by atoms with Gasteiger partial charge in [-0.25, -0.2) is 9.71 Å². The van der Waals surface area contributed by atoms with Crippen molar-refractivity contribution in [2.24, 2.45) is 5.73 Å². The molecule has 0 aromatic carbocycles. The molecule has 110 valence electrons. The molecule has 3 N–H and O–H groups in total. The summed E-state index contributed by atoms with van der Waals surface area (Å²) >= 11 is 2.89. The average molecular weight is 332 g/mol. The highest BCUT2D eigenvalue weighted by Crippen LogP contribution is 2.31. The number of rotatable bonds is 6. The van der Waals surface area contributed by atoms with Gasteiger partial charge in [0.2, 0.25) is 0 Å². The van der Waals surface area contributed by atoms with Gasteiger partial charge in [-0.05, 0) is 25.1 Å². The molecule has 20 heavy (non-hydrogen) atoms. The Kier molecular flexibility index (Phi) is 4.76. The molecule has 0 amide bonds. The van der Waals surface area contributed by atoms with Crippen LogP contribution in [0.1, 0.15) is 4.88 Å². The van der Waals surface area contributed by atoms with Gasteiger partial charge in [-0.2, -0.15) is 12.7 Å². The van der Waals surface area contributed by atoms with Crippen molar-refractivity contribution in [1.29, 1.82) is 0 Å². The van der Waals surface area contributed by atoms with Crippen molar-refractivity contribution < 1.29 is 8.42 Å². The number of anilines is 1. The predicted molar refractivity (Wildman–Crippen MR) is 84.4 cm³/mol. The van der Waals surface area contributed by atoms with Crippen molar-refractivity contribution >= 4 is 38.0 Å². The van der Waals surface area contributed by atoms with Gasteiger partial charge in [0.05, 0.1) is 10.6 Å². The summed E-state index contributed by atoms with van der Waals surface area (Å²) in [7, 11) is -0.570. The number of nitrogens with one attached hydrogen (secondary N) is 1. The van der Waals surface area contributed by atoms with E-state index < -0.39 is 10.2 Å². The van der Waals surface area contributed by atoms with Crippen LogP contribution in [0.25, 0.3) is 10.6 Å². The van der Waals surface area contributed by atoms with Gasteiger partial charge in [0.1, 0.15) is 0 Å². The summed E-state index contributed by atoms with van der Waals surface area (Å²) in [6, 6.07) is 4.00. The van der Waals surface area contributed by atoms with Gasteiger partial charge < -0.3 is 5.73 Å². The number of hydrogen-bond acceptors (Lipinski definition) is 6. The number of nitrogens with zero attached hydrogens (tertiary/aromatic N) is 2. The highest BCUT2D eigenvalue weighted by atomic mass is 32.2. The van der Waals surface area contributed by atoms with Crippen molar-refractivity contribution in [2.45, 2.75) is 6.42 Å². The highest BCUT2D eigenvalue weighted by Gasteiger charge is 2.16. The van der Waals surface area contributed by atoms with E-state index in [2.05, 4.69) is 9.71 Å². The molecule has 2 heterocycles. The van der Waals surface area contributed by atoms with E-state index in [4.69, 9.17) is 5.73 Å². The fourth-order valence-electron chi connectivity index (χ4n) is 1.43. The standard InChI is InChI=1S/C11H16N4O2S3/c1-15(2)20(16,17)14-11-13-9(7-18-11)10-4-3-8(19-10)5-6-12/h3-4,7H,5-6,12H2,1-2H3,(H,13,14). The maximum Gasteiger partial charge on any atom is 0.302 e.